The maximum absolute atomic E-state index is 9.87. The molecule has 0 rings (SSSR count). The second kappa shape index (κ2) is 4.59. The van der Waals surface area contributed by atoms with Gasteiger partial charge in [-0.05, 0) is 0 Å². The third-order valence-corrected chi connectivity index (χ3v) is 0.384. The van der Waals surface area contributed by atoms with E-state index in [4.69, 9.17) is 5.26 Å². The molecular weight excluding hydrogens is 122 g/mol. The largest absolute Gasteiger partial charge is 0.380 e. The highest BCUT2D eigenvalue weighted by Crippen LogP contribution is 1.69. The van der Waals surface area contributed by atoms with Crippen LogP contribution in [0.15, 0.2) is 5.16 Å². The van der Waals surface area contributed by atoms with Crippen LogP contribution in [0.4, 0.5) is 0 Å². The normalized spacial score (nSPS) is 8.78. The average molecular weight is 127 g/mol. The van der Waals surface area contributed by atoms with Crippen LogP contribution >= 0.6 is 0 Å². The Hall–Kier alpha value is -1.57. The zero-order chi connectivity index (χ0) is 7.11. The number of primary amides is 1. The van der Waals surface area contributed by atoms with Crippen LogP contribution in [0, 0.1) is 11.3 Å². The fraction of sp³-hybridized carbons (Fsp3) is 0.250. The third kappa shape index (κ3) is 6.43. The van der Waals surface area contributed by atoms with E-state index >= 15 is 0 Å². The molecule has 2 N–H and O–H groups in total. The van der Waals surface area contributed by atoms with E-state index in [-0.39, 0.29) is 6.61 Å². The van der Waals surface area contributed by atoms with Crippen LogP contribution < -0.4 is 5.73 Å². The van der Waals surface area contributed by atoms with Gasteiger partial charge in [-0.1, -0.05) is 5.16 Å². The zero-order valence-electron chi connectivity index (χ0n) is 4.57. The molecule has 48 valence electrons. The summed E-state index contributed by atoms with van der Waals surface area (Å²) in [5.74, 6) is -0.701. The quantitative estimate of drug-likeness (QED) is 0.299. The Labute approximate surface area is 51.7 Å². The molecule has 0 aliphatic rings. The first-order chi connectivity index (χ1) is 4.27. The number of nitrogens with zero attached hydrogens (tertiary/aromatic N) is 2. The Morgan fingerprint density at radius 2 is 2.67 bits per heavy atom. The molecule has 0 heterocycles. The summed E-state index contributed by atoms with van der Waals surface area (Å²) in [6.07, 6.45) is 0.789. The summed E-state index contributed by atoms with van der Waals surface area (Å²) in [5.41, 5.74) is 4.62. The minimum absolute atomic E-state index is 0.177. The van der Waals surface area contributed by atoms with Crippen molar-refractivity contribution in [2.45, 2.75) is 0 Å². The van der Waals surface area contributed by atoms with Gasteiger partial charge in [0.1, 0.15) is 12.3 Å². The molecule has 0 aliphatic heterocycles. The van der Waals surface area contributed by atoms with Crippen LogP contribution in [-0.4, -0.2) is 18.7 Å². The van der Waals surface area contributed by atoms with Gasteiger partial charge in [-0.2, -0.15) is 5.26 Å². The van der Waals surface area contributed by atoms with Gasteiger partial charge in [0, 0.05) is 0 Å². The third-order valence-electron chi connectivity index (χ3n) is 0.384. The van der Waals surface area contributed by atoms with Crippen molar-refractivity contribution in [3.05, 3.63) is 0 Å². The maximum Gasteiger partial charge on any atom is 0.263 e. The number of carbonyl (C=O) groups excluding carboxylic acids is 1. The molecule has 0 spiro atoms. The predicted octanol–water partition coefficient (Wildman–Crippen LogP) is -1.00. The summed E-state index contributed by atoms with van der Waals surface area (Å²) >= 11 is 0. The molecule has 0 unspecified atom stereocenters. The Bertz CT molecular complexity index is 158. The van der Waals surface area contributed by atoms with Crippen LogP contribution in [0.2, 0.25) is 0 Å². The molecule has 0 radical (unpaired) electrons. The van der Waals surface area contributed by atoms with Gasteiger partial charge in [-0.15, -0.1) is 0 Å². The number of nitriles is 1. The number of rotatable bonds is 3. The zero-order valence-corrected chi connectivity index (χ0v) is 4.57. The molecule has 0 aromatic heterocycles. The molecule has 5 heteroatoms. The number of hydrogen-bond donors (Lipinski definition) is 1. The first-order valence-corrected chi connectivity index (χ1v) is 2.09. The van der Waals surface area contributed by atoms with Crippen LogP contribution in [-0.2, 0) is 9.63 Å². The number of oxime groups is 1. The lowest BCUT2D eigenvalue weighted by molar-refractivity contribution is -0.111. The average Bonchev–Trinajstić information content (AvgIpc) is 1.80. The van der Waals surface area contributed by atoms with Crippen molar-refractivity contribution in [3.63, 3.8) is 0 Å². The molecule has 0 bridgehead atoms. The monoisotopic (exact) mass is 127 g/mol. The summed E-state index contributed by atoms with van der Waals surface area (Å²) in [6.45, 7) is -0.177. The summed E-state index contributed by atoms with van der Waals surface area (Å²) in [6, 6.07) is 1.65. The number of hydrogen-bond acceptors (Lipinski definition) is 4. The fourth-order valence-electron chi connectivity index (χ4n) is 0.155. The lowest BCUT2D eigenvalue weighted by Gasteiger charge is -1.84. The van der Waals surface area contributed by atoms with Gasteiger partial charge < -0.3 is 10.6 Å². The van der Waals surface area contributed by atoms with Crippen LogP contribution in [0.5, 0.6) is 0 Å². The topological polar surface area (TPSA) is 88.5 Å². The highest BCUT2D eigenvalue weighted by molar-refractivity contribution is 6.25. The summed E-state index contributed by atoms with van der Waals surface area (Å²) in [7, 11) is 0. The predicted molar refractivity (Wildman–Crippen MR) is 29.3 cm³/mol. The minimum Gasteiger partial charge on any atom is -0.380 e. The molecule has 5 nitrogen and oxygen atoms in total. The lowest BCUT2D eigenvalue weighted by Crippen LogP contribution is -2.11. The van der Waals surface area contributed by atoms with E-state index in [9.17, 15) is 4.79 Å². The Balaban J connectivity index is 3.28. The van der Waals surface area contributed by atoms with Gasteiger partial charge in [0.2, 0.25) is 6.61 Å². The Morgan fingerprint density at radius 1 is 2.00 bits per heavy atom. The highest BCUT2D eigenvalue weighted by Gasteiger charge is 1.81. The Morgan fingerprint density at radius 3 is 3.11 bits per heavy atom. The highest BCUT2D eigenvalue weighted by atomic mass is 16.6. The number of nitrogens with two attached hydrogens (primary N) is 1. The van der Waals surface area contributed by atoms with Crippen molar-refractivity contribution in [2.75, 3.05) is 6.61 Å². The van der Waals surface area contributed by atoms with E-state index in [0.29, 0.717) is 0 Å². The van der Waals surface area contributed by atoms with E-state index in [0.717, 1.165) is 6.21 Å². The van der Waals surface area contributed by atoms with E-state index in [1.807, 2.05) is 0 Å². The van der Waals surface area contributed by atoms with Crippen molar-refractivity contribution >= 4 is 12.1 Å². The van der Waals surface area contributed by atoms with E-state index < -0.39 is 5.91 Å². The minimum atomic E-state index is -0.701. The molecule has 0 aromatic carbocycles. The molecule has 0 saturated heterocycles. The standard InChI is InChI=1S/C4H5N3O2/c5-1-2-9-7-3-4(6)8/h3H,2H2,(H2,6,8). The number of amides is 1. The van der Waals surface area contributed by atoms with Gasteiger partial charge in [0.15, 0.2) is 0 Å². The molecule has 1 amide bonds. The van der Waals surface area contributed by atoms with Crippen molar-refractivity contribution in [1.29, 1.82) is 5.26 Å². The lowest BCUT2D eigenvalue weighted by atomic mass is 10.7. The van der Waals surface area contributed by atoms with Crippen molar-refractivity contribution in [1.82, 2.24) is 0 Å². The molecule has 0 saturated carbocycles. The van der Waals surface area contributed by atoms with E-state index in [1.165, 1.54) is 0 Å². The fourth-order valence-corrected chi connectivity index (χ4v) is 0.155. The molecule has 0 atom stereocenters. The molecule has 0 aromatic rings. The molecule has 0 fully saturated rings. The smallest absolute Gasteiger partial charge is 0.263 e. The van der Waals surface area contributed by atoms with Crippen LogP contribution in [0.25, 0.3) is 0 Å². The second-order valence-electron chi connectivity index (χ2n) is 1.07. The van der Waals surface area contributed by atoms with Crippen LogP contribution in [0.3, 0.4) is 0 Å². The van der Waals surface area contributed by atoms with Gasteiger partial charge >= 0.3 is 0 Å². The first-order valence-electron chi connectivity index (χ1n) is 2.09. The van der Waals surface area contributed by atoms with E-state index in [1.54, 1.807) is 6.07 Å². The Kier molecular flexibility index (Phi) is 3.79. The van der Waals surface area contributed by atoms with Gasteiger partial charge in [-0.3, -0.25) is 4.79 Å². The van der Waals surface area contributed by atoms with Gasteiger partial charge in [0.05, 0.1) is 0 Å². The summed E-state index contributed by atoms with van der Waals surface area (Å²) in [4.78, 5) is 14.1. The van der Waals surface area contributed by atoms with Crippen molar-refractivity contribution < 1.29 is 9.63 Å². The second-order valence-corrected chi connectivity index (χ2v) is 1.07. The summed E-state index contributed by atoms with van der Waals surface area (Å²) in [5, 5.41) is 10.9. The van der Waals surface area contributed by atoms with E-state index in [2.05, 4.69) is 15.7 Å². The van der Waals surface area contributed by atoms with Crippen LogP contribution in [0.1, 0.15) is 0 Å². The SMILES string of the molecule is N#CCON=CC(N)=O. The van der Waals surface area contributed by atoms with Crippen molar-refractivity contribution in [3.8, 4) is 6.07 Å². The molecular formula is C4H5N3O2. The van der Waals surface area contributed by atoms with Crippen molar-refractivity contribution in [2.24, 2.45) is 10.9 Å². The van der Waals surface area contributed by atoms with Gasteiger partial charge in [-0.25, -0.2) is 0 Å². The molecule has 9 heavy (non-hydrogen) atoms. The van der Waals surface area contributed by atoms with Gasteiger partial charge in [0.25, 0.3) is 5.91 Å². The summed E-state index contributed by atoms with van der Waals surface area (Å²) < 4.78 is 0. The maximum atomic E-state index is 9.87. The number of carbonyl (C=O) groups is 1. The first kappa shape index (κ1) is 7.43. The molecule has 0 aliphatic carbocycles.